The molecule has 0 aliphatic carbocycles. The monoisotopic (exact) mass is 448 g/mol. The van der Waals surface area contributed by atoms with Gasteiger partial charge in [0.25, 0.3) is 0 Å². The number of benzene rings is 2. The highest BCUT2D eigenvalue weighted by Gasteiger charge is 2.30. The Bertz CT molecular complexity index is 840. The second-order valence-corrected chi connectivity index (χ2v) is 8.70. The number of halogens is 2. The Labute approximate surface area is 189 Å². The molecule has 30 heavy (non-hydrogen) atoms. The fourth-order valence-corrected chi connectivity index (χ4v) is 3.64. The average Bonchev–Trinajstić information content (AvgIpc) is 2.71. The van der Waals surface area contributed by atoms with Crippen molar-refractivity contribution in [1.82, 2.24) is 10.2 Å². The molecule has 1 N–H and O–H groups in total. The maximum absolute atomic E-state index is 13.2. The molecule has 0 heterocycles. The number of carbonyl (C=O) groups excluding carboxylic acids is 2. The van der Waals surface area contributed by atoms with Crippen molar-refractivity contribution in [3.63, 3.8) is 0 Å². The number of nitrogens with zero attached hydrogens (tertiary/aromatic N) is 1. The quantitative estimate of drug-likeness (QED) is 0.520. The van der Waals surface area contributed by atoms with E-state index in [0.717, 1.165) is 11.1 Å². The van der Waals surface area contributed by atoms with Crippen LogP contribution in [0.15, 0.2) is 48.5 Å². The molecular formula is C24H30Cl2N2O2. The number of hydrogen-bond donors (Lipinski definition) is 1. The molecule has 4 nitrogen and oxygen atoms in total. The van der Waals surface area contributed by atoms with Crippen LogP contribution in [-0.2, 0) is 22.6 Å². The predicted molar refractivity (Wildman–Crippen MR) is 124 cm³/mol. The zero-order valence-corrected chi connectivity index (χ0v) is 19.3. The number of amides is 2. The molecule has 0 fully saturated rings. The summed E-state index contributed by atoms with van der Waals surface area (Å²) in [4.78, 5) is 27.9. The molecule has 0 spiro atoms. The fourth-order valence-electron chi connectivity index (χ4n) is 3.17. The first kappa shape index (κ1) is 24.2. The Morgan fingerprint density at radius 1 is 1.07 bits per heavy atom. The molecule has 0 aliphatic rings. The third-order valence-electron chi connectivity index (χ3n) is 4.78. The van der Waals surface area contributed by atoms with Gasteiger partial charge in [0.1, 0.15) is 6.04 Å². The lowest BCUT2D eigenvalue weighted by Gasteiger charge is -2.32. The molecule has 0 radical (unpaired) electrons. The van der Waals surface area contributed by atoms with Crippen molar-refractivity contribution in [3.8, 4) is 0 Å². The van der Waals surface area contributed by atoms with Gasteiger partial charge in [0.05, 0.1) is 0 Å². The Balaban J connectivity index is 2.38. The van der Waals surface area contributed by atoms with Crippen LogP contribution in [0.1, 0.15) is 44.7 Å². The zero-order valence-electron chi connectivity index (χ0n) is 17.8. The van der Waals surface area contributed by atoms with Gasteiger partial charge in [0, 0.05) is 36.0 Å². The second kappa shape index (κ2) is 12.0. The SMILES string of the molecule is CCCC(=O)N(Cc1ccc(Cl)cc1Cl)[C@@H](Cc1ccccc1)C(=O)NCC(C)C. The van der Waals surface area contributed by atoms with E-state index in [4.69, 9.17) is 23.2 Å². The first-order chi connectivity index (χ1) is 14.3. The summed E-state index contributed by atoms with van der Waals surface area (Å²) < 4.78 is 0. The lowest BCUT2D eigenvalue weighted by molar-refractivity contribution is -0.141. The van der Waals surface area contributed by atoms with Gasteiger partial charge in [-0.15, -0.1) is 0 Å². The first-order valence-electron chi connectivity index (χ1n) is 10.4. The zero-order chi connectivity index (χ0) is 22.1. The van der Waals surface area contributed by atoms with E-state index in [1.807, 2.05) is 57.2 Å². The molecular weight excluding hydrogens is 419 g/mol. The van der Waals surface area contributed by atoms with Crippen molar-refractivity contribution >= 4 is 35.0 Å². The Morgan fingerprint density at radius 3 is 2.37 bits per heavy atom. The minimum absolute atomic E-state index is 0.0656. The number of hydrogen-bond acceptors (Lipinski definition) is 2. The van der Waals surface area contributed by atoms with Crippen molar-refractivity contribution in [2.75, 3.05) is 6.54 Å². The van der Waals surface area contributed by atoms with Crippen LogP contribution in [0, 0.1) is 5.92 Å². The van der Waals surface area contributed by atoms with Crippen LogP contribution in [0.4, 0.5) is 0 Å². The van der Waals surface area contributed by atoms with Crippen LogP contribution in [0.2, 0.25) is 10.0 Å². The highest BCUT2D eigenvalue weighted by Crippen LogP contribution is 2.24. The Morgan fingerprint density at radius 2 is 1.77 bits per heavy atom. The van der Waals surface area contributed by atoms with Crippen LogP contribution < -0.4 is 5.32 Å². The van der Waals surface area contributed by atoms with Crippen LogP contribution in [0.3, 0.4) is 0 Å². The van der Waals surface area contributed by atoms with E-state index >= 15 is 0 Å². The van der Waals surface area contributed by atoms with Crippen LogP contribution in [0.5, 0.6) is 0 Å². The van der Waals surface area contributed by atoms with Crippen molar-refractivity contribution in [1.29, 1.82) is 0 Å². The molecule has 0 aromatic heterocycles. The normalized spacial score (nSPS) is 11.9. The fraction of sp³-hybridized carbons (Fsp3) is 0.417. The Kier molecular flexibility index (Phi) is 9.67. The summed E-state index contributed by atoms with van der Waals surface area (Å²) in [5.41, 5.74) is 1.76. The molecule has 2 rings (SSSR count). The van der Waals surface area contributed by atoms with Crippen molar-refractivity contribution in [2.24, 2.45) is 5.92 Å². The molecule has 0 unspecified atom stereocenters. The van der Waals surface area contributed by atoms with Gasteiger partial charge in [-0.25, -0.2) is 0 Å². The summed E-state index contributed by atoms with van der Waals surface area (Å²) in [6, 6.07) is 14.3. The largest absolute Gasteiger partial charge is 0.354 e. The summed E-state index contributed by atoms with van der Waals surface area (Å²) in [5.74, 6) is 0.100. The molecule has 162 valence electrons. The summed E-state index contributed by atoms with van der Waals surface area (Å²) in [6.45, 7) is 6.85. The predicted octanol–water partition coefficient (Wildman–Crippen LogP) is 5.51. The third-order valence-corrected chi connectivity index (χ3v) is 5.36. The lowest BCUT2D eigenvalue weighted by Crippen LogP contribution is -2.51. The number of nitrogens with one attached hydrogen (secondary N) is 1. The van der Waals surface area contributed by atoms with Crippen LogP contribution in [0.25, 0.3) is 0 Å². The smallest absolute Gasteiger partial charge is 0.243 e. The van der Waals surface area contributed by atoms with Gasteiger partial charge < -0.3 is 10.2 Å². The van der Waals surface area contributed by atoms with Gasteiger partial charge in [0.15, 0.2) is 0 Å². The van der Waals surface area contributed by atoms with Gasteiger partial charge in [-0.1, -0.05) is 80.4 Å². The minimum atomic E-state index is -0.628. The summed E-state index contributed by atoms with van der Waals surface area (Å²) in [7, 11) is 0. The van der Waals surface area contributed by atoms with E-state index in [2.05, 4.69) is 5.32 Å². The van der Waals surface area contributed by atoms with Crippen LogP contribution in [-0.4, -0.2) is 29.3 Å². The van der Waals surface area contributed by atoms with E-state index in [-0.39, 0.29) is 18.4 Å². The van der Waals surface area contributed by atoms with Gasteiger partial charge in [-0.3, -0.25) is 9.59 Å². The molecule has 0 saturated heterocycles. The maximum atomic E-state index is 13.2. The molecule has 0 bridgehead atoms. The second-order valence-electron chi connectivity index (χ2n) is 7.85. The van der Waals surface area contributed by atoms with E-state index < -0.39 is 6.04 Å². The van der Waals surface area contributed by atoms with E-state index in [0.29, 0.717) is 41.8 Å². The molecule has 0 aliphatic heterocycles. The molecule has 0 saturated carbocycles. The summed E-state index contributed by atoms with van der Waals surface area (Å²) in [6.07, 6.45) is 1.51. The molecule has 2 aromatic rings. The summed E-state index contributed by atoms with van der Waals surface area (Å²) >= 11 is 12.4. The summed E-state index contributed by atoms with van der Waals surface area (Å²) in [5, 5.41) is 4.02. The van der Waals surface area contributed by atoms with Crippen molar-refractivity contribution in [2.45, 2.75) is 52.6 Å². The van der Waals surface area contributed by atoms with Gasteiger partial charge in [0.2, 0.25) is 11.8 Å². The third kappa shape index (κ3) is 7.33. The van der Waals surface area contributed by atoms with E-state index in [1.165, 1.54) is 0 Å². The van der Waals surface area contributed by atoms with Crippen LogP contribution >= 0.6 is 23.2 Å². The minimum Gasteiger partial charge on any atom is -0.354 e. The van der Waals surface area contributed by atoms with Crippen molar-refractivity contribution in [3.05, 3.63) is 69.7 Å². The van der Waals surface area contributed by atoms with Crippen molar-refractivity contribution < 1.29 is 9.59 Å². The molecule has 2 aromatic carbocycles. The highest BCUT2D eigenvalue weighted by molar-refractivity contribution is 6.35. The van der Waals surface area contributed by atoms with Gasteiger partial charge in [-0.05, 0) is 35.6 Å². The number of rotatable bonds is 10. The average molecular weight is 449 g/mol. The van der Waals surface area contributed by atoms with Gasteiger partial charge >= 0.3 is 0 Å². The number of carbonyl (C=O) groups is 2. The molecule has 6 heteroatoms. The van der Waals surface area contributed by atoms with E-state index in [1.54, 1.807) is 17.0 Å². The molecule has 1 atom stereocenters. The van der Waals surface area contributed by atoms with Gasteiger partial charge in [-0.2, -0.15) is 0 Å². The van der Waals surface area contributed by atoms with E-state index in [9.17, 15) is 9.59 Å². The first-order valence-corrected chi connectivity index (χ1v) is 11.1. The topological polar surface area (TPSA) is 49.4 Å². The molecule has 2 amide bonds. The lowest BCUT2D eigenvalue weighted by atomic mass is 10.0. The Hall–Kier alpha value is -2.04. The standard InChI is InChI=1S/C24H30Cl2N2O2/c1-4-8-23(29)28(16-19-11-12-20(25)14-21(19)26)22(24(30)27-15-17(2)3)13-18-9-6-5-7-10-18/h5-7,9-12,14,17,22H,4,8,13,15-16H2,1-3H3,(H,27,30)/t22-/m0/s1. The maximum Gasteiger partial charge on any atom is 0.243 e. The highest BCUT2D eigenvalue weighted by atomic mass is 35.5.